The van der Waals surface area contributed by atoms with Gasteiger partial charge in [0, 0.05) is 17.3 Å². The van der Waals surface area contributed by atoms with Crippen LogP contribution >= 0.6 is 23.8 Å². The van der Waals surface area contributed by atoms with Gasteiger partial charge in [0.05, 0.1) is 22.1 Å². The van der Waals surface area contributed by atoms with Gasteiger partial charge in [0.2, 0.25) is 5.89 Å². The second kappa shape index (κ2) is 10.2. The number of hydrogen-bond acceptors (Lipinski definition) is 7. The highest BCUT2D eigenvalue weighted by Crippen LogP contribution is 2.32. The van der Waals surface area contributed by atoms with Gasteiger partial charge in [-0.1, -0.05) is 11.6 Å². The van der Waals surface area contributed by atoms with Gasteiger partial charge in [-0.25, -0.2) is 13.8 Å². The van der Waals surface area contributed by atoms with Crippen LogP contribution in [0.2, 0.25) is 5.02 Å². The molecule has 4 rings (SSSR count). The first-order valence-electron chi connectivity index (χ1n) is 10.3. The lowest BCUT2D eigenvalue weighted by Gasteiger charge is -2.10. The molecule has 0 aliphatic rings. The smallest absolute Gasteiger partial charge is 0.311 e. The molecule has 9 nitrogen and oxygen atoms in total. The second-order valence-electron chi connectivity index (χ2n) is 7.23. The summed E-state index contributed by atoms with van der Waals surface area (Å²) in [5, 5.41) is 16.4. The zero-order chi connectivity index (χ0) is 26.0. The summed E-state index contributed by atoms with van der Waals surface area (Å²) in [6, 6.07) is 10.2. The van der Waals surface area contributed by atoms with Crippen molar-refractivity contribution in [2.45, 2.75) is 6.92 Å². The predicted octanol–water partition coefficient (Wildman–Crippen LogP) is 5.86. The fourth-order valence-electron chi connectivity index (χ4n) is 3.22. The molecule has 4 aromatic rings. The van der Waals surface area contributed by atoms with Crippen LogP contribution in [0.5, 0.6) is 5.75 Å². The third-order valence-electron chi connectivity index (χ3n) is 4.83. The number of hydrogen-bond donors (Lipinski definition) is 2. The standard InChI is InChI=1S/C23H15ClF2N4O5S/c1-2-34-20-5-3-11(7-18(20)30(32)33)21(31)29-23(36)27-12-4-6-19-17(8-12)28-22(35-19)13-9-15(25)16(26)10-14(13)24/h3-10H,2H2,1H3,(H2,27,29,31,36). The van der Waals surface area contributed by atoms with Crippen molar-refractivity contribution in [2.24, 2.45) is 0 Å². The number of benzene rings is 3. The number of nitro benzene ring substituents is 1. The molecule has 0 saturated heterocycles. The molecule has 1 heterocycles. The van der Waals surface area contributed by atoms with Crippen LogP contribution in [0.3, 0.4) is 0 Å². The normalized spacial score (nSPS) is 10.8. The molecule has 0 bridgehead atoms. The first-order valence-corrected chi connectivity index (χ1v) is 11.0. The van der Waals surface area contributed by atoms with Crippen molar-refractivity contribution >= 4 is 57.3 Å². The van der Waals surface area contributed by atoms with Crippen LogP contribution in [0.15, 0.2) is 52.9 Å². The monoisotopic (exact) mass is 532 g/mol. The Morgan fingerprint density at radius 1 is 1.19 bits per heavy atom. The molecule has 1 amide bonds. The largest absolute Gasteiger partial charge is 0.487 e. The Morgan fingerprint density at radius 3 is 2.67 bits per heavy atom. The lowest BCUT2D eigenvalue weighted by molar-refractivity contribution is -0.385. The number of nitrogens with zero attached hydrogens (tertiary/aromatic N) is 2. The van der Waals surface area contributed by atoms with E-state index in [0.717, 1.165) is 18.2 Å². The molecule has 13 heteroatoms. The Balaban J connectivity index is 1.49. The van der Waals surface area contributed by atoms with Crippen LogP contribution in [-0.4, -0.2) is 27.5 Å². The summed E-state index contributed by atoms with van der Waals surface area (Å²) in [6.45, 7) is 1.91. The minimum atomic E-state index is -1.10. The van der Waals surface area contributed by atoms with Crippen molar-refractivity contribution in [3.8, 4) is 17.2 Å². The van der Waals surface area contributed by atoms with Gasteiger partial charge in [-0.05, 0) is 61.6 Å². The molecule has 0 spiro atoms. The van der Waals surface area contributed by atoms with Gasteiger partial charge in [0.15, 0.2) is 28.1 Å². The molecular formula is C23H15ClF2N4O5S. The van der Waals surface area contributed by atoms with Crippen molar-refractivity contribution in [2.75, 3.05) is 11.9 Å². The van der Waals surface area contributed by atoms with Crippen molar-refractivity contribution in [1.82, 2.24) is 10.3 Å². The first-order chi connectivity index (χ1) is 17.2. The van der Waals surface area contributed by atoms with Gasteiger partial charge < -0.3 is 14.5 Å². The highest BCUT2D eigenvalue weighted by molar-refractivity contribution is 7.80. The Morgan fingerprint density at radius 2 is 1.94 bits per heavy atom. The van der Waals surface area contributed by atoms with Gasteiger partial charge in [-0.15, -0.1) is 0 Å². The molecule has 0 unspecified atom stereocenters. The van der Waals surface area contributed by atoms with E-state index >= 15 is 0 Å². The molecular weight excluding hydrogens is 518 g/mol. The number of thiocarbonyl (C=S) groups is 1. The van der Waals surface area contributed by atoms with E-state index in [0.29, 0.717) is 16.8 Å². The number of fused-ring (bicyclic) bond motifs is 1. The van der Waals surface area contributed by atoms with Crippen LogP contribution in [0.1, 0.15) is 17.3 Å². The molecule has 2 N–H and O–H groups in total. The van der Waals surface area contributed by atoms with Gasteiger partial charge in [0.25, 0.3) is 5.91 Å². The number of anilines is 1. The van der Waals surface area contributed by atoms with E-state index in [9.17, 15) is 23.7 Å². The summed E-state index contributed by atoms with van der Waals surface area (Å²) < 4.78 is 37.8. The van der Waals surface area contributed by atoms with E-state index in [4.69, 9.17) is 33.0 Å². The molecule has 36 heavy (non-hydrogen) atoms. The number of amides is 1. The summed E-state index contributed by atoms with van der Waals surface area (Å²) in [5.41, 5.74) is 0.862. The number of nitro groups is 1. The van der Waals surface area contributed by atoms with Gasteiger partial charge >= 0.3 is 5.69 Å². The topological polar surface area (TPSA) is 120 Å². The molecule has 0 aliphatic heterocycles. The van der Waals surface area contributed by atoms with Crippen molar-refractivity contribution < 1.29 is 27.7 Å². The summed E-state index contributed by atoms with van der Waals surface area (Å²) in [6.07, 6.45) is 0. The summed E-state index contributed by atoms with van der Waals surface area (Å²) in [4.78, 5) is 27.4. The van der Waals surface area contributed by atoms with E-state index in [1.807, 2.05) is 0 Å². The number of rotatable bonds is 6. The lowest BCUT2D eigenvalue weighted by atomic mass is 10.1. The van der Waals surface area contributed by atoms with Crippen molar-refractivity contribution in [1.29, 1.82) is 0 Å². The Hall–Kier alpha value is -4.16. The van der Waals surface area contributed by atoms with Crippen LogP contribution in [0.4, 0.5) is 20.2 Å². The van der Waals surface area contributed by atoms with E-state index in [1.165, 1.54) is 12.1 Å². The van der Waals surface area contributed by atoms with E-state index in [1.54, 1.807) is 25.1 Å². The third kappa shape index (κ3) is 5.24. The zero-order valence-corrected chi connectivity index (χ0v) is 19.9. The minimum Gasteiger partial charge on any atom is -0.487 e. The van der Waals surface area contributed by atoms with Gasteiger partial charge in [0.1, 0.15) is 5.52 Å². The number of oxazole rings is 1. The Kier molecular flexibility index (Phi) is 7.08. The molecule has 0 fully saturated rings. The molecule has 0 radical (unpaired) electrons. The van der Waals surface area contributed by atoms with Gasteiger partial charge in [-0.3, -0.25) is 20.2 Å². The molecule has 1 aromatic heterocycles. The molecule has 0 saturated carbocycles. The maximum atomic E-state index is 13.6. The number of halogens is 3. The number of carbonyl (C=O) groups excluding carboxylic acids is 1. The first kappa shape index (κ1) is 24.9. The average Bonchev–Trinajstić information content (AvgIpc) is 3.24. The summed E-state index contributed by atoms with van der Waals surface area (Å²) >= 11 is 11.2. The van der Waals surface area contributed by atoms with Crippen LogP contribution in [0.25, 0.3) is 22.6 Å². The molecule has 0 atom stereocenters. The van der Waals surface area contributed by atoms with Crippen molar-refractivity contribution in [3.05, 3.63) is 80.9 Å². The fourth-order valence-corrected chi connectivity index (χ4v) is 3.67. The molecule has 3 aromatic carbocycles. The van der Waals surface area contributed by atoms with Crippen molar-refractivity contribution in [3.63, 3.8) is 0 Å². The van der Waals surface area contributed by atoms with Crippen LogP contribution in [0, 0.1) is 21.7 Å². The Bertz CT molecular complexity index is 1530. The molecule has 184 valence electrons. The highest BCUT2D eigenvalue weighted by atomic mass is 35.5. The van der Waals surface area contributed by atoms with Gasteiger partial charge in [-0.2, -0.15) is 0 Å². The van der Waals surface area contributed by atoms with Crippen LogP contribution in [-0.2, 0) is 0 Å². The summed E-state index contributed by atoms with van der Waals surface area (Å²) in [7, 11) is 0. The number of carbonyl (C=O) groups is 1. The number of nitrogens with one attached hydrogen (secondary N) is 2. The highest BCUT2D eigenvalue weighted by Gasteiger charge is 2.20. The Labute approximate surface area is 212 Å². The number of aromatic nitrogens is 1. The maximum absolute atomic E-state index is 13.6. The zero-order valence-electron chi connectivity index (χ0n) is 18.3. The fraction of sp³-hybridized carbons (Fsp3) is 0.0870. The third-order valence-corrected chi connectivity index (χ3v) is 5.35. The summed E-state index contributed by atoms with van der Waals surface area (Å²) in [5.74, 6) is -2.83. The SMILES string of the molecule is CCOc1ccc(C(=O)NC(=S)Nc2ccc3oc(-c4cc(F)c(F)cc4Cl)nc3c2)cc1[N+](=O)[O-]. The van der Waals surface area contributed by atoms with E-state index < -0.39 is 22.5 Å². The predicted molar refractivity (Wildman–Crippen MR) is 132 cm³/mol. The maximum Gasteiger partial charge on any atom is 0.311 e. The van der Waals surface area contributed by atoms with E-state index in [2.05, 4.69) is 15.6 Å². The second-order valence-corrected chi connectivity index (χ2v) is 8.04. The van der Waals surface area contributed by atoms with E-state index in [-0.39, 0.29) is 45.2 Å². The number of ether oxygens (including phenoxy) is 1. The lowest BCUT2D eigenvalue weighted by Crippen LogP contribution is -2.34. The quantitative estimate of drug-likeness (QED) is 0.137. The van der Waals surface area contributed by atoms with Crippen LogP contribution < -0.4 is 15.4 Å². The molecule has 0 aliphatic carbocycles. The average molecular weight is 533 g/mol. The minimum absolute atomic E-state index is 0.00862.